The van der Waals surface area contributed by atoms with E-state index in [9.17, 15) is 0 Å². The van der Waals surface area contributed by atoms with Gasteiger partial charge in [0.1, 0.15) is 11.3 Å². The summed E-state index contributed by atoms with van der Waals surface area (Å²) < 4.78 is 6.60. The van der Waals surface area contributed by atoms with E-state index >= 15 is 0 Å². The lowest BCUT2D eigenvalue weighted by Crippen LogP contribution is -1.92. The van der Waals surface area contributed by atoms with Gasteiger partial charge in [-0.2, -0.15) is 0 Å². The summed E-state index contributed by atoms with van der Waals surface area (Å²) in [6.07, 6.45) is 0. The monoisotopic (exact) mass is 724 g/mol. The molecule has 1 heterocycles. The van der Waals surface area contributed by atoms with Crippen molar-refractivity contribution in [2.24, 2.45) is 0 Å². The highest BCUT2D eigenvalue weighted by Crippen LogP contribution is 2.47. The predicted octanol–water partition coefficient (Wildman–Crippen LogP) is 15.9. The summed E-state index contributed by atoms with van der Waals surface area (Å²) in [5.41, 5.74) is 13.9. The van der Waals surface area contributed by atoms with E-state index < -0.39 is 0 Å². The first-order valence-corrected chi connectivity index (χ1v) is 19.6. The molecule has 57 heavy (non-hydrogen) atoms. The first-order valence-electron chi connectivity index (χ1n) is 19.6. The van der Waals surface area contributed by atoms with Gasteiger partial charge in [0, 0.05) is 16.5 Å². The molecule has 0 N–H and O–H groups in total. The maximum absolute atomic E-state index is 6.60. The molecule has 1 heteroatoms. The van der Waals surface area contributed by atoms with Gasteiger partial charge in [-0.25, -0.2) is 0 Å². The summed E-state index contributed by atoms with van der Waals surface area (Å²) in [6.45, 7) is 0. The van der Waals surface area contributed by atoms with Crippen LogP contribution >= 0.6 is 0 Å². The Morgan fingerprint density at radius 2 is 0.719 bits per heavy atom. The Bertz CT molecular complexity index is 3240. The molecule has 0 saturated carbocycles. The minimum Gasteiger partial charge on any atom is -0.455 e. The van der Waals surface area contributed by atoms with Gasteiger partial charge in [0.15, 0.2) is 0 Å². The molecule has 0 radical (unpaired) electrons. The fourth-order valence-electron chi connectivity index (χ4n) is 8.82. The second-order valence-corrected chi connectivity index (χ2v) is 14.8. The number of benzene rings is 10. The summed E-state index contributed by atoms with van der Waals surface area (Å²) in [4.78, 5) is 0. The third-order valence-electron chi connectivity index (χ3n) is 11.5. The zero-order valence-corrected chi connectivity index (χ0v) is 31.2. The fourth-order valence-corrected chi connectivity index (χ4v) is 8.82. The number of fused-ring (bicyclic) bond motifs is 4. The Balaban J connectivity index is 1.11. The van der Waals surface area contributed by atoms with Crippen molar-refractivity contribution in [1.82, 2.24) is 0 Å². The molecular weight excluding hydrogens is 689 g/mol. The molecule has 11 aromatic rings. The fraction of sp³-hybridized carbons (Fsp3) is 0. The van der Waals surface area contributed by atoms with E-state index in [1.807, 2.05) is 6.07 Å². The van der Waals surface area contributed by atoms with Crippen molar-refractivity contribution >= 4 is 43.3 Å². The average Bonchev–Trinajstić information content (AvgIpc) is 3.68. The zero-order valence-electron chi connectivity index (χ0n) is 31.2. The van der Waals surface area contributed by atoms with Crippen LogP contribution in [0.15, 0.2) is 223 Å². The molecule has 11 rings (SSSR count). The van der Waals surface area contributed by atoms with Gasteiger partial charge in [0.25, 0.3) is 0 Å². The van der Waals surface area contributed by atoms with Gasteiger partial charge in [0.05, 0.1) is 0 Å². The first kappa shape index (κ1) is 32.9. The van der Waals surface area contributed by atoms with Gasteiger partial charge in [0.2, 0.25) is 0 Å². The van der Waals surface area contributed by atoms with Crippen LogP contribution in [0.2, 0.25) is 0 Å². The molecular formula is C56H36O. The number of hydrogen-bond donors (Lipinski definition) is 0. The van der Waals surface area contributed by atoms with Gasteiger partial charge >= 0.3 is 0 Å². The van der Waals surface area contributed by atoms with Gasteiger partial charge < -0.3 is 4.42 Å². The van der Waals surface area contributed by atoms with E-state index in [2.05, 4.69) is 212 Å². The predicted molar refractivity (Wildman–Crippen MR) is 241 cm³/mol. The number of rotatable bonds is 6. The Morgan fingerprint density at radius 3 is 1.44 bits per heavy atom. The van der Waals surface area contributed by atoms with E-state index in [1.54, 1.807) is 0 Å². The quantitative estimate of drug-likeness (QED) is 0.156. The van der Waals surface area contributed by atoms with Gasteiger partial charge in [-0.15, -0.1) is 0 Å². The van der Waals surface area contributed by atoms with E-state index in [0.717, 1.165) is 44.5 Å². The summed E-state index contributed by atoms with van der Waals surface area (Å²) >= 11 is 0. The van der Waals surface area contributed by atoms with Crippen LogP contribution in [0.3, 0.4) is 0 Å². The molecule has 0 unspecified atom stereocenters. The number of furan rings is 1. The molecule has 0 aliphatic carbocycles. The van der Waals surface area contributed by atoms with E-state index in [-0.39, 0.29) is 0 Å². The molecule has 0 bridgehead atoms. The van der Waals surface area contributed by atoms with Crippen LogP contribution in [-0.2, 0) is 0 Å². The van der Waals surface area contributed by atoms with Crippen LogP contribution in [-0.4, -0.2) is 0 Å². The first-order chi connectivity index (χ1) is 28.3. The van der Waals surface area contributed by atoms with Crippen LogP contribution in [0.25, 0.3) is 110 Å². The molecule has 266 valence electrons. The molecule has 1 aromatic heterocycles. The highest BCUT2D eigenvalue weighted by molar-refractivity contribution is 6.24. The van der Waals surface area contributed by atoms with Crippen molar-refractivity contribution in [2.75, 3.05) is 0 Å². The van der Waals surface area contributed by atoms with Crippen molar-refractivity contribution in [3.05, 3.63) is 218 Å². The van der Waals surface area contributed by atoms with Gasteiger partial charge in [-0.3, -0.25) is 0 Å². The second kappa shape index (κ2) is 13.7. The minimum absolute atomic E-state index is 0.881. The Hall–Kier alpha value is -7.48. The highest BCUT2D eigenvalue weighted by Gasteiger charge is 2.21. The molecule has 0 aliphatic heterocycles. The van der Waals surface area contributed by atoms with Gasteiger partial charge in [-0.05, 0) is 101 Å². The average molecular weight is 725 g/mol. The van der Waals surface area contributed by atoms with Crippen LogP contribution in [0.4, 0.5) is 0 Å². The lowest BCUT2D eigenvalue weighted by atomic mass is 9.83. The maximum atomic E-state index is 6.60. The lowest BCUT2D eigenvalue weighted by Gasteiger charge is -2.20. The molecule has 1 nitrogen and oxygen atoms in total. The minimum atomic E-state index is 0.881. The summed E-state index contributed by atoms with van der Waals surface area (Å²) in [5.74, 6) is 0.893. The van der Waals surface area contributed by atoms with Crippen LogP contribution in [0.1, 0.15) is 0 Å². The largest absolute Gasteiger partial charge is 0.455 e. The smallest absolute Gasteiger partial charge is 0.143 e. The third-order valence-corrected chi connectivity index (χ3v) is 11.5. The normalized spacial score (nSPS) is 11.5. The highest BCUT2D eigenvalue weighted by atomic mass is 16.3. The second-order valence-electron chi connectivity index (χ2n) is 14.8. The topological polar surface area (TPSA) is 13.1 Å². The molecule has 0 atom stereocenters. The van der Waals surface area contributed by atoms with E-state index in [0.29, 0.717) is 0 Å². The van der Waals surface area contributed by atoms with Crippen LogP contribution < -0.4 is 0 Å². The van der Waals surface area contributed by atoms with Crippen molar-refractivity contribution in [1.29, 1.82) is 0 Å². The van der Waals surface area contributed by atoms with Crippen molar-refractivity contribution in [2.45, 2.75) is 0 Å². The van der Waals surface area contributed by atoms with Crippen LogP contribution in [0.5, 0.6) is 0 Å². The van der Waals surface area contributed by atoms with E-state index in [1.165, 1.54) is 65.7 Å². The standard InChI is InChI=1S/C56H36O/c1-4-15-37(16-5-1)43-31-33-49-50(35-43)53(47-24-12-13-25-48(47)55(49)46-26-14-22-39-17-10-11-23-45(39)46)41-29-27-38(28-30-41)44-32-34-52-51(36-44)54(40-18-6-2-7-19-40)56(57-52)42-20-8-3-9-21-42/h1-36H. The summed E-state index contributed by atoms with van der Waals surface area (Å²) in [5, 5.41) is 8.59. The van der Waals surface area contributed by atoms with Crippen molar-refractivity contribution in [3.8, 4) is 67.0 Å². The number of hydrogen-bond acceptors (Lipinski definition) is 1. The molecule has 0 fully saturated rings. The van der Waals surface area contributed by atoms with Crippen molar-refractivity contribution in [3.63, 3.8) is 0 Å². The zero-order chi connectivity index (χ0) is 37.7. The Labute approximate surface area is 331 Å². The lowest BCUT2D eigenvalue weighted by molar-refractivity contribution is 0.632. The maximum Gasteiger partial charge on any atom is 0.143 e. The molecule has 0 amide bonds. The summed E-state index contributed by atoms with van der Waals surface area (Å²) in [7, 11) is 0. The molecule has 0 saturated heterocycles. The molecule has 0 spiro atoms. The Morgan fingerprint density at radius 1 is 0.246 bits per heavy atom. The molecule has 10 aromatic carbocycles. The SMILES string of the molecule is c1ccc(-c2ccc3c(-c4cccc5ccccc45)c4ccccc4c(-c4ccc(-c5ccc6oc(-c7ccccc7)c(-c7ccccc7)c6c5)cc4)c3c2)cc1. The summed E-state index contributed by atoms with van der Waals surface area (Å²) in [6, 6.07) is 78.8. The third kappa shape index (κ3) is 5.63. The van der Waals surface area contributed by atoms with Crippen LogP contribution in [0, 0.1) is 0 Å². The Kier molecular flexibility index (Phi) is 7.89. The van der Waals surface area contributed by atoms with Crippen molar-refractivity contribution < 1.29 is 4.42 Å². The van der Waals surface area contributed by atoms with E-state index in [4.69, 9.17) is 4.42 Å². The molecule has 0 aliphatic rings. The van der Waals surface area contributed by atoms with Gasteiger partial charge in [-0.1, -0.05) is 200 Å².